The first-order chi connectivity index (χ1) is 14.4. The Balaban J connectivity index is 1.67. The number of carbonyl (C=O) groups is 1. The minimum absolute atomic E-state index is 0.177. The molecule has 0 atom stereocenters. The van der Waals surface area contributed by atoms with Crippen LogP contribution < -0.4 is 10.6 Å². The summed E-state index contributed by atoms with van der Waals surface area (Å²) in [6, 6.07) is 15.0. The molecule has 0 fully saturated rings. The fourth-order valence-corrected chi connectivity index (χ4v) is 4.51. The lowest BCUT2D eigenvalue weighted by molar-refractivity contribution is 0.251. The van der Waals surface area contributed by atoms with Crippen molar-refractivity contribution in [2.45, 2.75) is 37.9 Å². The molecule has 3 aromatic rings. The van der Waals surface area contributed by atoms with Crippen LogP contribution in [0.2, 0.25) is 0 Å². The summed E-state index contributed by atoms with van der Waals surface area (Å²) in [4.78, 5) is 12.2. The van der Waals surface area contributed by atoms with Crippen LogP contribution >= 0.6 is 0 Å². The number of sulfonamides is 1. The van der Waals surface area contributed by atoms with Gasteiger partial charge >= 0.3 is 6.03 Å². The first kappa shape index (κ1) is 21.5. The minimum atomic E-state index is -3.69. The Morgan fingerprint density at radius 2 is 1.77 bits per heavy atom. The van der Waals surface area contributed by atoms with E-state index < -0.39 is 10.0 Å². The lowest BCUT2D eigenvalue weighted by Gasteiger charge is -2.26. The number of urea groups is 1. The van der Waals surface area contributed by atoms with Crippen LogP contribution in [0.15, 0.2) is 71.9 Å². The molecule has 3 rings (SSSR count). The molecule has 0 spiro atoms. The molecule has 0 saturated heterocycles. The van der Waals surface area contributed by atoms with Crippen molar-refractivity contribution in [3.63, 3.8) is 0 Å². The van der Waals surface area contributed by atoms with Gasteiger partial charge in [-0.05, 0) is 43.7 Å². The Bertz CT molecular complexity index is 1050. The monoisotopic (exact) mass is 427 g/mol. The second kappa shape index (κ2) is 9.55. The van der Waals surface area contributed by atoms with E-state index in [4.69, 9.17) is 0 Å². The van der Waals surface area contributed by atoms with E-state index in [1.807, 2.05) is 44.2 Å². The molecule has 3 N–H and O–H groups in total. The maximum absolute atomic E-state index is 13.2. The van der Waals surface area contributed by atoms with Gasteiger partial charge in [-0.1, -0.05) is 30.3 Å². The summed E-state index contributed by atoms with van der Waals surface area (Å²) in [6.07, 6.45) is 3.31. The van der Waals surface area contributed by atoms with Crippen LogP contribution in [0.25, 0.3) is 0 Å². The third kappa shape index (κ3) is 5.46. The summed E-state index contributed by atoms with van der Waals surface area (Å²) in [7, 11) is -3.69. The van der Waals surface area contributed by atoms with Crippen molar-refractivity contribution in [3.8, 4) is 0 Å². The molecule has 0 aliphatic rings. The maximum Gasteiger partial charge on any atom is 0.319 e. The smallest absolute Gasteiger partial charge is 0.319 e. The van der Waals surface area contributed by atoms with Crippen LogP contribution in [0.1, 0.15) is 25.0 Å². The van der Waals surface area contributed by atoms with Crippen molar-refractivity contribution in [1.82, 2.24) is 19.8 Å². The van der Waals surface area contributed by atoms with Crippen LogP contribution in [-0.4, -0.2) is 35.0 Å². The van der Waals surface area contributed by atoms with E-state index in [9.17, 15) is 13.2 Å². The number of hydrogen-bond acceptors (Lipinski definition) is 4. The molecule has 0 aliphatic heterocycles. The number of carbonyl (C=O) groups excluding carboxylic acids is 1. The normalized spacial score (nSPS) is 11.6. The van der Waals surface area contributed by atoms with Crippen molar-refractivity contribution in [3.05, 3.63) is 78.1 Å². The largest absolute Gasteiger partial charge is 0.334 e. The first-order valence-electron chi connectivity index (χ1n) is 9.54. The van der Waals surface area contributed by atoms with Crippen molar-refractivity contribution in [1.29, 1.82) is 0 Å². The van der Waals surface area contributed by atoms with Gasteiger partial charge in [-0.3, -0.25) is 5.10 Å². The third-order valence-electron chi connectivity index (χ3n) is 4.48. The summed E-state index contributed by atoms with van der Waals surface area (Å²) in [5, 5.41) is 11.9. The number of aromatic amines is 1. The van der Waals surface area contributed by atoms with Crippen LogP contribution in [0.4, 0.5) is 10.5 Å². The van der Waals surface area contributed by atoms with Crippen LogP contribution in [0.5, 0.6) is 0 Å². The number of anilines is 1. The number of aromatic nitrogens is 2. The van der Waals surface area contributed by atoms with Gasteiger partial charge in [0.15, 0.2) is 0 Å². The van der Waals surface area contributed by atoms with Crippen molar-refractivity contribution < 1.29 is 13.2 Å². The molecule has 0 aliphatic carbocycles. The lowest BCUT2D eigenvalue weighted by Crippen LogP contribution is -2.36. The van der Waals surface area contributed by atoms with Gasteiger partial charge in [0.05, 0.1) is 11.1 Å². The maximum atomic E-state index is 13.2. The zero-order valence-corrected chi connectivity index (χ0v) is 17.7. The van der Waals surface area contributed by atoms with E-state index in [2.05, 4.69) is 20.8 Å². The Labute approximate surface area is 176 Å². The second-order valence-corrected chi connectivity index (χ2v) is 8.96. The summed E-state index contributed by atoms with van der Waals surface area (Å²) >= 11 is 0. The van der Waals surface area contributed by atoms with Gasteiger partial charge in [0.1, 0.15) is 0 Å². The van der Waals surface area contributed by atoms with Gasteiger partial charge in [0.25, 0.3) is 0 Å². The molecule has 0 bridgehead atoms. The highest BCUT2D eigenvalue weighted by atomic mass is 32.2. The van der Waals surface area contributed by atoms with Crippen molar-refractivity contribution >= 4 is 21.7 Å². The van der Waals surface area contributed by atoms with Gasteiger partial charge in [-0.15, -0.1) is 0 Å². The molecule has 158 valence electrons. The van der Waals surface area contributed by atoms with Gasteiger partial charge < -0.3 is 10.6 Å². The van der Waals surface area contributed by atoms with Crippen molar-refractivity contribution in [2.75, 3.05) is 5.32 Å². The number of rotatable bonds is 8. The summed E-state index contributed by atoms with van der Waals surface area (Å²) in [6.45, 7) is 4.32. The summed E-state index contributed by atoms with van der Waals surface area (Å²) < 4.78 is 27.8. The number of nitrogens with zero attached hydrogens (tertiary/aromatic N) is 2. The van der Waals surface area contributed by atoms with Gasteiger partial charge in [0, 0.05) is 36.6 Å². The number of H-pyrrole nitrogens is 1. The summed E-state index contributed by atoms with van der Waals surface area (Å²) in [5.41, 5.74) is 2.26. The van der Waals surface area contributed by atoms with E-state index in [0.717, 1.165) is 11.1 Å². The van der Waals surface area contributed by atoms with Crippen LogP contribution in [0.3, 0.4) is 0 Å². The fraction of sp³-hybridized carbons (Fsp3) is 0.238. The molecule has 9 heteroatoms. The molecule has 0 saturated carbocycles. The van der Waals surface area contributed by atoms with E-state index in [0.29, 0.717) is 12.2 Å². The predicted molar refractivity (Wildman–Crippen MR) is 115 cm³/mol. The Hall–Kier alpha value is -3.17. The Kier molecular flexibility index (Phi) is 6.86. The first-order valence-corrected chi connectivity index (χ1v) is 11.0. The Morgan fingerprint density at radius 3 is 2.37 bits per heavy atom. The molecule has 2 amide bonds. The number of benzene rings is 2. The predicted octanol–water partition coefficient (Wildman–Crippen LogP) is 3.33. The van der Waals surface area contributed by atoms with E-state index >= 15 is 0 Å². The molecule has 8 nitrogen and oxygen atoms in total. The standard InChI is InChI=1S/C21H25N5O3S/c1-16(2)26(15-17-6-4-3-5-7-17)30(28,29)20-10-8-19(9-11-20)25-21(27)22-12-18-13-23-24-14-18/h3-11,13-14,16H,12,15H2,1-2H3,(H,23,24)(H2,22,25,27). The molecular weight excluding hydrogens is 402 g/mol. The van der Waals surface area contributed by atoms with E-state index in [-0.39, 0.29) is 23.5 Å². The molecule has 1 heterocycles. The average molecular weight is 428 g/mol. The molecule has 0 radical (unpaired) electrons. The topological polar surface area (TPSA) is 107 Å². The third-order valence-corrected chi connectivity index (χ3v) is 6.52. The second-order valence-electron chi connectivity index (χ2n) is 7.07. The fourth-order valence-electron chi connectivity index (χ4n) is 2.89. The van der Waals surface area contributed by atoms with Crippen LogP contribution in [0, 0.1) is 0 Å². The lowest BCUT2D eigenvalue weighted by atomic mass is 10.2. The molecule has 30 heavy (non-hydrogen) atoms. The van der Waals surface area contributed by atoms with Crippen molar-refractivity contribution in [2.24, 2.45) is 0 Å². The van der Waals surface area contributed by atoms with E-state index in [1.54, 1.807) is 24.5 Å². The van der Waals surface area contributed by atoms with Gasteiger partial charge in [0.2, 0.25) is 10.0 Å². The highest BCUT2D eigenvalue weighted by molar-refractivity contribution is 7.89. The van der Waals surface area contributed by atoms with E-state index in [1.165, 1.54) is 16.4 Å². The quantitative estimate of drug-likeness (QED) is 0.512. The zero-order chi connectivity index (χ0) is 21.6. The van der Waals surface area contributed by atoms with Gasteiger partial charge in [-0.2, -0.15) is 9.40 Å². The minimum Gasteiger partial charge on any atom is -0.334 e. The number of nitrogens with one attached hydrogen (secondary N) is 3. The van der Waals surface area contributed by atoms with Crippen LogP contribution in [-0.2, 0) is 23.1 Å². The molecule has 0 unspecified atom stereocenters. The average Bonchev–Trinajstić information content (AvgIpc) is 3.25. The molecule has 2 aromatic carbocycles. The molecule has 1 aromatic heterocycles. The summed E-state index contributed by atoms with van der Waals surface area (Å²) in [5.74, 6) is 0. The zero-order valence-electron chi connectivity index (χ0n) is 16.9. The highest BCUT2D eigenvalue weighted by Crippen LogP contribution is 2.22. The number of hydrogen-bond donors (Lipinski definition) is 3. The molecular formula is C21H25N5O3S. The van der Waals surface area contributed by atoms with Gasteiger partial charge in [-0.25, -0.2) is 13.2 Å². The number of amides is 2. The Morgan fingerprint density at radius 1 is 1.07 bits per heavy atom. The SMILES string of the molecule is CC(C)N(Cc1ccccc1)S(=O)(=O)c1ccc(NC(=O)NCc2cn[nH]c2)cc1. The highest BCUT2D eigenvalue weighted by Gasteiger charge is 2.27.